The number of carbonyl (C=O) groups excluding carboxylic acids is 3. The van der Waals surface area contributed by atoms with E-state index in [1.807, 2.05) is 39.0 Å². The topological polar surface area (TPSA) is 109 Å². The molecule has 0 aliphatic heterocycles. The lowest BCUT2D eigenvalue weighted by Crippen LogP contribution is -2.56. The summed E-state index contributed by atoms with van der Waals surface area (Å²) in [5.74, 6) is -0.0666. The molecule has 0 radical (unpaired) electrons. The SMILES string of the molecule is CC(C)CCNC(Cc1ccncc1)C(=O)NC(Cc1ccc(OC(=O)c2ccccc2)cc1)C(=O)NC(C)(C)C. The Kier molecular flexibility index (Phi) is 11.6. The predicted molar refractivity (Wildman–Crippen MR) is 161 cm³/mol. The van der Waals surface area contributed by atoms with Crippen LogP contribution in [0.4, 0.5) is 0 Å². The first-order chi connectivity index (χ1) is 19.5. The quantitative estimate of drug-likeness (QED) is 0.211. The molecule has 2 aromatic carbocycles. The second kappa shape index (κ2) is 15.1. The molecule has 0 bridgehead atoms. The van der Waals surface area contributed by atoms with Gasteiger partial charge in [0.25, 0.3) is 0 Å². The molecule has 8 heteroatoms. The van der Waals surface area contributed by atoms with E-state index in [0.717, 1.165) is 17.5 Å². The van der Waals surface area contributed by atoms with E-state index in [1.165, 1.54) is 0 Å². The zero-order chi connectivity index (χ0) is 29.8. The number of amides is 2. The number of nitrogens with one attached hydrogen (secondary N) is 3. The molecule has 3 N–H and O–H groups in total. The number of hydrogen-bond donors (Lipinski definition) is 3. The molecule has 3 rings (SSSR count). The third-order valence-electron chi connectivity index (χ3n) is 6.33. The van der Waals surface area contributed by atoms with Gasteiger partial charge in [0, 0.05) is 24.4 Å². The number of nitrogens with zero attached hydrogens (tertiary/aromatic N) is 1. The van der Waals surface area contributed by atoms with Gasteiger partial charge < -0.3 is 20.7 Å². The molecule has 8 nitrogen and oxygen atoms in total. The minimum absolute atomic E-state index is 0.243. The lowest BCUT2D eigenvalue weighted by Gasteiger charge is -2.27. The largest absolute Gasteiger partial charge is 0.423 e. The fourth-order valence-corrected chi connectivity index (χ4v) is 4.17. The number of carbonyl (C=O) groups is 3. The van der Waals surface area contributed by atoms with Gasteiger partial charge in [-0.2, -0.15) is 0 Å². The van der Waals surface area contributed by atoms with Crippen molar-refractivity contribution < 1.29 is 19.1 Å². The van der Waals surface area contributed by atoms with Gasteiger partial charge in [-0.05, 0) is 93.6 Å². The molecule has 2 amide bonds. The molecule has 0 saturated heterocycles. The highest BCUT2D eigenvalue weighted by molar-refractivity contribution is 5.91. The summed E-state index contributed by atoms with van der Waals surface area (Å²) in [6.45, 7) is 10.7. The van der Waals surface area contributed by atoms with Crippen molar-refractivity contribution in [2.45, 2.75) is 71.5 Å². The van der Waals surface area contributed by atoms with E-state index in [0.29, 0.717) is 30.2 Å². The van der Waals surface area contributed by atoms with Crippen molar-refractivity contribution in [3.8, 4) is 5.75 Å². The van der Waals surface area contributed by atoms with E-state index in [1.54, 1.807) is 60.9 Å². The predicted octanol–water partition coefficient (Wildman–Crippen LogP) is 4.49. The Labute approximate surface area is 243 Å². The normalized spacial score (nSPS) is 12.8. The number of ether oxygens (including phenoxy) is 1. The maximum absolute atomic E-state index is 13.6. The first-order valence-electron chi connectivity index (χ1n) is 14.1. The molecule has 218 valence electrons. The van der Waals surface area contributed by atoms with Crippen molar-refractivity contribution in [1.29, 1.82) is 0 Å². The number of esters is 1. The average Bonchev–Trinajstić information content (AvgIpc) is 2.93. The lowest BCUT2D eigenvalue weighted by atomic mass is 10.0. The van der Waals surface area contributed by atoms with Crippen LogP contribution in [0.1, 0.15) is 62.5 Å². The van der Waals surface area contributed by atoms with Crippen LogP contribution in [0.2, 0.25) is 0 Å². The summed E-state index contributed by atoms with van der Waals surface area (Å²) in [4.78, 5) is 43.4. The molecule has 0 spiro atoms. The van der Waals surface area contributed by atoms with Crippen LogP contribution in [0.25, 0.3) is 0 Å². The lowest BCUT2D eigenvalue weighted by molar-refractivity contribution is -0.130. The standard InChI is InChI=1S/C33H42N4O4/c1-23(2)15-20-35-28(21-25-16-18-34-19-17-25)30(38)36-29(31(39)37-33(3,4)5)22-24-11-13-27(14-12-24)41-32(40)26-9-7-6-8-10-26/h6-14,16-19,23,28-29,35H,15,20-22H2,1-5H3,(H,36,38)(H,37,39). The van der Waals surface area contributed by atoms with Gasteiger partial charge in [-0.3, -0.25) is 14.6 Å². The van der Waals surface area contributed by atoms with E-state index in [4.69, 9.17) is 4.74 Å². The third kappa shape index (κ3) is 11.2. The maximum atomic E-state index is 13.6. The number of rotatable bonds is 13. The number of benzene rings is 2. The molecule has 41 heavy (non-hydrogen) atoms. The van der Waals surface area contributed by atoms with Crippen LogP contribution >= 0.6 is 0 Å². The highest BCUT2D eigenvalue weighted by atomic mass is 16.5. The van der Waals surface area contributed by atoms with Crippen LogP contribution in [0.5, 0.6) is 5.75 Å². The number of pyridine rings is 1. The summed E-state index contributed by atoms with van der Waals surface area (Å²) in [6, 6.07) is 18.2. The zero-order valence-electron chi connectivity index (χ0n) is 24.6. The summed E-state index contributed by atoms with van der Waals surface area (Å²) < 4.78 is 5.48. The Morgan fingerprint density at radius 3 is 2.02 bits per heavy atom. The van der Waals surface area contributed by atoms with Gasteiger partial charge in [0.1, 0.15) is 11.8 Å². The van der Waals surface area contributed by atoms with Crippen molar-refractivity contribution in [1.82, 2.24) is 20.9 Å². The van der Waals surface area contributed by atoms with Crippen LogP contribution in [-0.4, -0.2) is 46.9 Å². The Morgan fingerprint density at radius 2 is 1.41 bits per heavy atom. The summed E-state index contributed by atoms with van der Waals surface area (Å²) in [5, 5.41) is 9.38. The molecule has 1 aromatic heterocycles. The van der Waals surface area contributed by atoms with E-state index >= 15 is 0 Å². The van der Waals surface area contributed by atoms with Crippen molar-refractivity contribution in [2.75, 3.05) is 6.54 Å². The number of hydrogen-bond acceptors (Lipinski definition) is 6. The van der Waals surface area contributed by atoms with Gasteiger partial charge in [-0.15, -0.1) is 0 Å². The third-order valence-corrected chi connectivity index (χ3v) is 6.33. The van der Waals surface area contributed by atoms with Gasteiger partial charge in [0.05, 0.1) is 11.6 Å². The molecule has 0 aliphatic carbocycles. The molecule has 0 aliphatic rings. The second-order valence-electron chi connectivity index (χ2n) is 11.7. The van der Waals surface area contributed by atoms with Gasteiger partial charge in [-0.1, -0.05) is 44.2 Å². The van der Waals surface area contributed by atoms with E-state index in [9.17, 15) is 14.4 Å². The van der Waals surface area contributed by atoms with Crippen LogP contribution in [0.3, 0.4) is 0 Å². The number of aromatic nitrogens is 1. The van der Waals surface area contributed by atoms with E-state index < -0.39 is 23.6 Å². The van der Waals surface area contributed by atoms with Gasteiger partial charge in [0.15, 0.2) is 0 Å². The van der Waals surface area contributed by atoms with Crippen LogP contribution < -0.4 is 20.7 Å². The van der Waals surface area contributed by atoms with Gasteiger partial charge in [-0.25, -0.2) is 4.79 Å². The highest BCUT2D eigenvalue weighted by Gasteiger charge is 2.28. The molecule has 0 fully saturated rings. The monoisotopic (exact) mass is 558 g/mol. The Hall–Kier alpha value is -4.04. The van der Waals surface area contributed by atoms with Gasteiger partial charge in [0.2, 0.25) is 11.8 Å². The molecule has 0 saturated carbocycles. The van der Waals surface area contributed by atoms with Crippen molar-refractivity contribution in [3.63, 3.8) is 0 Å². The fraction of sp³-hybridized carbons (Fsp3) is 0.394. The molecule has 2 atom stereocenters. The van der Waals surface area contributed by atoms with E-state index in [2.05, 4.69) is 34.8 Å². The summed E-state index contributed by atoms with van der Waals surface area (Å²) in [7, 11) is 0. The molecular weight excluding hydrogens is 516 g/mol. The van der Waals surface area contributed by atoms with Gasteiger partial charge >= 0.3 is 5.97 Å². The minimum Gasteiger partial charge on any atom is -0.423 e. The molecule has 1 heterocycles. The molecule has 2 unspecified atom stereocenters. The smallest absolute Gasteiger partial charge is 0.343 e. The van der Waals surface area contributed by atoms with Crippen LogP contribution in [0, 0.1) is 5.92 Å². The first-order valence-corrected chi connectivity index (χ1v) is 14.1. The maximum Gasteiger partial charge on any atom is 0.343 e. The minimum atomic E-state index is -0.800. The van der Waals surface area contributed by atoms with Crippen molar-refractivity contribution in [3.05, 3.63) is 95.8 Å². The summed E-state index contributed by atoms with van der Waals surface area (Å²) in [6.07, 6.45) is 5.09. The van der Waals surface area contributed by atoms with Crippen LogP contribution in [0.15, 0.2) is 79.1 Å². The summed E-state index contributed by atoms with van der Waals surface area (Å²) in [5.41, 5.74) is 1.79. The second-order valence-corrected chi connectivity index (χ2v) is 11.7. The van der Waals surface area contributed by atoms with E-state index in [-0.39, 0.29) is 18.2 Å². The Balaban J connectivity index is 1.74. The Bertz CT molecular complexity index is 1260. The Morgan fingerprint density at radius 1 is 0.805 bits per heavy atom. The zero-order valence-corrected chi connectivity index (χ0v) is 24.6. The fourth-order valence-electron chi connectivity index (χ4n) is 4.17. The average molecular weight is 559 g/mol. The van der Waals surface area contributed by atoms with Crippen LogP contribution in [-0.2, 0) is 22.4 Å². The van der Waals surface area contributed by atoms with Crippen molar-refractivity contribution >= 4 is 17.8 Å². The first kappa shape index (κ1) is 31.5. The molecule has 3 aromatic rings. The van der Waals surface area contributed by atoms with Crippen molar-refractivity contribution in [2.24, 2.45) is 5.92 Å². The highest BCUT2D eigenvalue weighted by Crippen LogP contribution is 2.16. The summed E-state index contributed by atoms with van der Waals surface area (Å²) >= 11 is 0. The molecular formula is C33H42N4O4.